The van der Waals surface area contributed by atoms with Crippen LogP contribution in [0.5, 0.6) is 0 Å². The Kier molecular flexibility index (Phi) is 4.93. The van der Waals surface area contributed by atoms with Crippen molar-refractivity contribution in [3.05, 3.63) is 35.4 Å². The highest BCUT2D eigenvalue weighted by Crippen LogP contribution is 2.39. The summed E-state index contributed by atoms with van der Waals surface area (Å²) < 4.78 is 5.19. The molecule has 0 aromatic heterocycles. The zero-order valence-electron chi connectivity index (χ0n) is 13.0. The first kappa shape index (κ1) is 15.9. The summed E-state index contributed by atoms with van der Waals surface area (Å²) in [5.74, 6) is -0.392. The molecule has 2 atom stereocenters. The number of hydrogen-bond donors (Lipinski definition) is 1. The Morgan fingerprint density at radius 3 is 2.62 bits per heavy atom. The molecule has 0 unspecified atom stereocenters. The topological polar surface area (TPSA) is 50.7 Å². The number of aryl methyl sites for hydroxylation is 1. The molecule has 1 aromatic carbocycles. The van der Waals surface area contributed by atoms with Crippen LogP contribution in [0.1, 0.15) is 38.3 Å². The van der Waals surface area contributed by atoms with Crippen molar-refractivity contribution in [2.24, 2.45) is 11.0 Å². The van der Waals surface area contributed by atoms with Gasteiger partial charge in [-0.15, -0.1) is 0 Å². The lowest BCUT2D eigenvalue weighted by atomic mass is 9.98. The largest absolute Gasteiger partial charge is 0.466 e. The minimum absolute atomic E-state index is 0.164. The van der Waals surface area contributed by atoms with Crippen molar-refractivity contribution in [1.82, 2.24) is 5.43 Å². The third-order valence-corrected chi connectivity index (χ3v) is 4.95. The van der Waals surface area contributed by atoms with Gasteiger partial charge in [-0.05, 0) is 27.2 Å². The summed E-state index contributed by atoms with van der Waals surface area (Å²) in [6, 6.07) is 8.24. The van der Waals surface area contributed by atoms with Crippen LogP contribution >= 0.6 is 11.8 Å². The molecule has 0 aliphatic carbocycles. The first-order chi connectivity index (χ1) is 10.00. The molecule has 0 saturated heterocycles. The number of nitrogens with zero attached hydrogens (tertiary/aromatic N) is 1. The summed E-state index contributed by atoms with van der Waals surface area (Å²) in [6.07, 6.45) is 0.714. The Balaban J connectivity index is 2.14. The second kappa shape index (κ2) is 6.52. The molecule has 1 aliphatic rings. The molecule has 1 heterocycles. The van der Waals surface area contributed by atoms with E-state index in [-0.39, 0.29) is 11.9 Å². The molecule has 0 saturated carbocycles. The Bertz CT molecular complexity index is 542. The van der Waals surface area contributed by atoms with Gasteiger partial charge in [0.05, 0.1) is 12.5 Å². The fraction of sp³-hybridized carbons (Fsp3) is 0.500. The molecule has 0 spiro atoms. The molecule has 1 N–H and O–H groups in total. The first-order valence-electron chi connectivity index (χ1n) is 7.27. The number of thioether (sulfide) groups is 1. The second-order valence-electron chi connectivity index (χ2n) is 5.32. The lowest BCUT2D eigenvalue weighted by Crippen LogP contribution is -2.44. The van der Waals surface area contributed by atoms with Crippen LogP contribution in [0, 0.1) is 12.8 Å². The molecule has 0 amide bonds. The highest BCUT2D eigenvalue weighted by atomic mass is 32.2. The summed E-state index contributed by atoms with van der Waals surface area (Å²) in [4.78, 5) is 11.7. The highest BCUT2D eigenvalue weighted by Gasteiger charge is 2.44. The Labute approximate surface area is 130 Å². The van der Waals surface area contributed by atoms with E-state index in [0.29, 0.717) is 13.0 Å². The van der Waals surface area contributed by atoms with Crippen molar-refractivity contribution in [3.63, 3.8) is 0 Å². The van der Waals surface area contributed by atoms with Gasteiger partial charge in [0, 0.05) is 5.56 Å². The maximum absolute atomic E-state index is 12.1. The van der Waals surface area contributed by atoms with Gasteiger partial charge in [-0.25, -0.2) is 0 Å². The van der Waals surface area contributed by atoms with Gasteiger partial charge in [0.1, 0.15) is 9.91 Å². The van der Waals surface area contributed by atoms with Gasteiger partial charge in [0.25, 0.3) is 0 Å². The van der Waals surface area contributed by atoms with Gasteiger partial charge in [-0.1, -0.05) is 48.5 Å². The van der Waals surface area contributed by atoms with E-state index in [1.165, 1.54) is 5.56 Å². The van der Waals surface area contributed by atoms with E-state index in [9.17, 15) is 4.79 Å². The van der Waals surface area contributed by atoms with Gasteiger partial charge in [-0.2, -0.15) is 5.10 Å². The zero-order valence-corrected chi connectivity index (χ0v) is 13.8. The second-order valence-corrected chi connectivity index (χ2v) is 6.76. The van der Waals surface area contributed by atoms with Crippen molar-refractivity contribution < 1.29 is 9.53 Å². The van der Waals surface area contributed by atoms with Gasteiger partial charge in [0.15, 0.2) is 0 Å². The van der Waals surface area contributed by atoms with Crippen molar-refractivity contribution in [2.45, 2.75) is 39.0 Å². The average molecular weight is 306 g/mol. The standard InChI is InChI=1S/C16H22N2O2S/c1-5-13(15(19)20-6-2)16(4)18-17-14(21-16)12-9-7-11(3)8-10-12/h7-10,13,18H,5-6H2,1-4H3/t13-,16+/m1/s1. The van der Waals surface area contributed by atoms with Crippen LogP contribution in [0.3, 0.4) is 0 Å². The normalized spacial score (nSPS) is 22.4. The number of benzene rings is 1. The Hall–Kier alpha value is -1.49. The minimum atomic E-state index is -0.457. The molecule has 0 bridgehead atoms. The van der Waals surface area contributed by atoms with E-state index in [2.05, 4.69) is 41.7 Å². The van der Waals surface area contributed by atoms with Crippen molar-refractivity contribution in [1.29, 1.82) is 0 Å². The predicted molar refractivity (Wildman–Crippen MR) is 87.3 cm³/mol. The van der Waals surface area contributed by atoms with E-state index in [1.807, 2.05) is 20.8 Å². The van der Waals surface area contributed by atoms with Crippen LogP contribution in [-0.2, 0) is 9.53 Å². The fourth-order valence-corrected chi connectivity index (χ4v) is 3.64. The van der Waals surface area contributed by atoms with Crippen molar-refractivity contribution in [2.75, 3.05) is 6.61 Å². The third kappa shape index (κ3) is 3.40. The van der Waals surface area contributed by atoms with Gasteiger partial charge < -0.3 is 4.74 Å². The number of ether oxygens (including phenoxy) is 1. The lowest BCUT2D eigenvalue weighted by molar-refractivity contribution is -0.149. The van der Waals surface area contributed by atoms with Crippen LogP contribution in [-0.4, -0.2) is 22.5 Å². The van der Waals surface area contributed by atoms with Gasteiger partial charge >= 0.3 is 5.97 Å². The first-order valence-corrected chi connectivity index (χ1v) is 8.09. The number of nitrogens with one attached hydrogen (secondary N) is 1. The Morgan fingerprint density at radius 2 is 2.05 bits per heavy atom. The molecule has 114 valence electrons. The monoisotopic (exact) mass is 306 g/mol. The van der Waals surface area contributed by atoms with Crippen LogP contribution in [0.15, 0.2) is 29.4 Å². The molecular formula is C16H22N2O2S. The quantitative estimate of drug-likeness (QED) is 0.848. The smallest absolute Gasteiger partial charge is 0.312 e. The number of esters is 1. The number of carbonyl (C=O) groups excluding carboxylic acids is 1. The van der Waals surface area contributed by atoms with Crippen LogP contribution < -0.4 is 5.43 Å². The Morgan fingerprint density at radius 1 is 1.38 bits per heavy atom. The molecule has 21 heavy (non-hydrogen) atoms. The molecule has 5 heteroatoms. The summed E-state index contributed by atoms with van der Waals surface area (Å²) >= 11 is 1.60. The van der Waals surface area contributed by atoms with Crippen molar-refractivity contribution >= 4 is 22.8 Å². The zero-order chi connectivity index (χ0) is 15.5. The van der Waals surface area contributed by atoms with E-state index in [0.717, 1.165) is 10.6 Å². The van der Waals surface area contributed by atoms with E-state index >= 15 is 0 Å². The van der Waals surface area contributed by atoms with Crippen LogP contribution in [0.4, 0.5) is 0 Å². The molecule has 0 fully saturated rings. The summed E-state index contributed by atoms with van der Waals surface area (Å²) in [5, 5.41) is 5.34. The third-order valence-electron chi connectivity index (χ3n) is 3.63. The van der Waals surface area contributed by atoms with Crippen molar-refractivity contribution in [3.8, 4) is 0 Å². The molecule has 0 radical (unpaired) electrons. The molecule has 1 aromatic rings. The van der Waals surface area contributed by atoms with E-state index in [1.54, 1.807) is 11.8 Å². The van der Waals surface area contributed by atoms with Gasteiger partial charge in [-0.3, -0.25) is 10.2 Å². The maximum Gasteiger partial charge on any atom is 0.312 e. The van der Waals surface area contributed by atoms with Gasteiger partial charge in [0.2, 0.25) is 0 Å². The number of hydrogen-bond acceptors (Lipinski definition) is 5. The van der Waals surface area contributed by atoms with Crippen LogP contribution in [0.2, 0.25) is 0 Å². The molecule has 2 rings (SSSR count). The number of hydrazone groups is 1. The van der Waals surface area contributed by atoms with E-state index in [4.69, 9.17) is 4.74 Å². The SMILES string of the molecule is CCOC(=O)[C@@H](CC)[C@@]1(C)NN=C(c2ccc(C)cc2)S1. The predicted octanol–water partition coefficient (Wildman–Crippen LogP) is 3.30. The number of carbonyl (C=O) groups is 1. The molecular weight excluding hydrogens is 284 g/mol. The highest BCUT2D eigenvalue weighted by molar-refractivity contribution is 8.15. The average Bonchev–Trinajstić information content (AvgIpc) is 2.84. The summed E-state index contributed by atoms with van der Waals surface area (Å²) in [6.45, 7) is 8.30. The summed E-state index contributed by atoms with van der Waals surface area (Å²) in [7, 11) is 0. The maximum atomic E-state index is 12.1. The molecule has 4 nitrogen and oxygen atoms in total. The number of rotatable bonds is 5. The summed E-state index contributed by atoms with van der Waals surface area (Å²) in [5.41, 5.74) is 5.43. The van der Waals surface area contributed by atoms with E-state index < -0.39 is 4.87 Å². The minimum Gasteiger partial charge on any atom is -0.466 e. The van der Waals surface area contributed by atoms with Crippen LogP contribution in [0.25, 0.3) is 0 Å². The lowest BCUT2D eigenvalue weighted by Gasteiger charge is -2.30. The fourth-order valence-electron chi connectivity index (χ4n) is 2.40. The molecule has 1 aliphatic heterocycles.